The maximum absolute atomic E-state index is 2.45. The molecular weight excluding hydrogens is 540 g/mol. The number of rotatable bonds is 3. The van der Waals surface area contributed by atoms with Crippen molar-refractivity contribution < 1.29 is 0 Å². The van der Waals surface area contributed by atoms with Gasteiger partial charge in [0.25, 0.3) is 0 Å². The van der Waals surface area contributed by atoms with E-state index in [1.165, 1.54) is 92.8 Å². The van der Waals surface area contributed by atoms with Crippen LogP contribution in [0.1, 0.15) is 5.56 Å². The first kappa shape index (κ1) is 25.7. The van der Waals surface area contributed by atoms with Gasteiger partial charge >= 0.3 is 0 Å². The number of hydrogen-bond acceptors (Lipinski definition) is 0. The predicted molar refractivity (Wildman–Crippen MR) is 195 cm³/mol. The van der Waals surface area contributed by atoms with Crippen molar-refractivity contribution in [2.24, 2.45) is 0 Å². The summed E-state index contributed by atoms with van der Waals surface area (Å²) in [5, 5.41) is 12.8. The molecule has 0 fully saturated rings. The lowest BCUT2D eigenvalue weighted by Crippen LogP contribution is -1.91. The predicted octanol–water partition coefficient (Wildman–Crippen LogP) is 12.8. The van der Waals surface area contributed by atoms with Gasteiger partial charge in [-0.05, 0) is 112 Å². The van der Waals surface area contributed by atoms with Crippen molar-refractivity contribution in [1.29, 1.82) is 0 Å². The molecule has 0 aliphatic carbocycles. The summed E-state index contributed by atoms with van der Waals surface area (Å²) in [5.74, 6) is 0. The number of fused-ring (bicyclic) bond motifs is 7. The molecule has 0 radical (unpaired) electrons. The minimum absolute atomic E-state index is 1.24. The molecule has 0 saturated carbocycles. The Morgan fingerprint density at radius 2 is 0.756 bits per heavy atom. The molecule has 9 aromatic rings. The van der Waals surface area contributed by atoms with Gasteiger partial charge in [-0.15, -0.1) is 0 Å². The van der Waals surface area contributed by atoms with E-state index in [0.29, 0.717) is 0 Å². The standard InChI is InChI=1S/C45H30/c1-29-11-8-16-32(25-29)33-23-24-40-41(26-33)43(37-22-10-15-31-13-3-5-18-35(31)37)28-44-39-20-7-6-19-38(39)42(27-45(40)44)36-21-9-14-30-12-2-4-17-34(30)36/h2-28H,1H3. The molecule has 0 heteroatoms. The lowest BCUT2D eigenvalue weighted by molar-refractivity contribution is 1.47. The molecule has 210 valence electrons. The topological polar surface area (TPSA) is 0 Å². The Morgan fingerprint density at radius 1 is 0.267 bits per heavy atom. The Kier molecular flexibility index (Phi) is 5.83. The van der Waals surface area contributed by atoms with Crippen molar-refractivity contribution >= 4 is 53.9 Å². The summed E-state index contributed by atoms with van der Waals surface area (Å²) in [6.07, 6.45) is 0. The average molecular weight is 571 g/mol. The first-order valence-electron chi connectivity index (χ1n) is 15.7. The molecule has 0 spiro atoms. The Hall–Kier alpha value is -5.72. The Bertz CT molecular complexity index is 2590. The van der Waals surface area contributed by atoms with Crippen molar-refractivity contribution in [2.75, 3.05) is 0 Å². The van der Waals surface area contributed by atoms with Gasteiger partial charge in [-0.25, -0.2) is 0 Å². The zero-order valence-electron chi connectivity index (χ0n) is 25.1. The molecule has 0 aliphatic rings. The molecule has 9 rings (SSSR count). The van der Waals surface area contributed by atoms with E-state index in [4.69, 9.17) is 0 Å². The van der Waals surface area contributed by atoms with Crippen molar-refractivity contribution in [1.82, 2.24) is 0 Å². The molecule has 0 amide bonds. The molecule has 0 saturated heterocycles. The second-order valence-corrected chi connectivity index (χ2v) is 12.2. The molecule has 0 N–H and O–H groups in total. The highest BCUT2D eigenvalue weighted by Crippen LogP contribution is 2.45. The Morgan fingerprint density at radius 3 is 1.40 bits per heavy atom. The zero-order chi connectivity index (χ0) is 29.9. The fourth-order valence-electron chi connectivity index (χ4n) is 7.37. The van der Waals surface area contributed by atoms with Crippen LogP contribution in [0.2, 0.25) is 0 Å². The minimum Gasteiger partial charge on any atom is -0.0616 e. The first-order chi connectivity index (χ1) is 22.2. The summed E-state index contributed by atoms with van der Waals surface area (Å²) in [6, 6.07) is 60.6. The molecule has 0 atom stereocenters. The normalized spacial score (nSPS) is 11.7. The SMILES string of the molecule is Cc1cccc(-c2ccc3c(c2)c(-c2cccc4ccccc24)cc2c4ccccc4c(-c4cccc5ccccc45)cc32)c1. The molecule has 0 bridgehead atoms. The summed E-state index contributed by atoms with van der Waals surface area (Å²) in [7, 11) is 0. The van der Waals surface area contributed by atoms with E-state index in [1.54, 1.807) is 0 Å². The Balaban J connectivity index is 1.44. The van der Waals surface area contributed by atoms with Crippen molar-refractivity contribution in [3.05, 3.63) is 169 Å². The van der Waals surface area contributed by atoms with Crippen LogP contribution in [0.4, 0.5) is 0 Å². The molecule has 0 unspecified atom stereocenters. The summed E-state index contributed by atoms with van der Waals surface area (Å²) >= 11 is 0. The highest BCUT2D eigenvalue weighted by atomic mass is 14.2. The lowest BCUT2D eigenvalue weighted by atomic mass is 9.85. The zero-order valence-corrected chi connectivity index (χ0v) is 25.1. The van der Waals surface area contributed by atoms with Crippen LogP contribution in [0, 0.1) is 6.92 Å². The maximum Gasteiger partial charge on any atom is -0.00923 e. The fraction of sp³-hybridized carbons (Fsp3) is 0.0222. The van der Waals surface area contributed by atoms with Crippen LogP contribution < -0.4 is 0 Å². The van der Waals surface area contributed by atoms with Crippen molar-refractivity contribution in [3.8, 4) is 33.4 Å². The van der Waals surface area contributed by atoms with Crippen LogP contribution in [0.3, 0.4) is 0 Å². The van der Waals surface area contributed by atoms with E-state index in [2.05, 4.69) is 171 Å². The second-order valence-electron chi connectivity index (χ2n) is 12.2. The monoisotopic (exact) mass is 570 g/mol. The van der Waals surface area contributed by atoms with Gasteiger partial charge in [0.1, 0.15) is 0 Å². The van der Waals surface area contributed by atoms with Gasteiger partial charge in [0, 0.05) is 0 Å². The van der Waals surface area contributed by atoms with Gasteiger partial charge in [0.05, 0.1) is 0 Å². The quantitative estimate of drug-likeness (QED) is 0.185. The molecule has 0 heterocycles. The summed E-state index contributed by atoms with van der Waals surface area (Å²) in [6.45, 7) is 2.17. The Labute approximate surface area is 262 Å². The van der Waals surface area contributed by atoms with E-state index < -0.39 is 0 Å². The number of benzene rings is 9. The van der Waals surface area contributed by atoms with Crippen LogP contribution in [0.5, 0.6) is 0 Å². The van der Waals surface area contributed by atoms with Crippen LogP contribution in [0.15, 0.2) is 164 Å². The van der Waals surface area contributed by atoms with E-state index in [0.717, 1.165) is 0 Å². The van der Waals surface area contributed by atoms with E-state index in [-0.39, 0.29) is 0 Å². The third-order valence-corrected chi connectivity index (χ3v) is 9.49. The van der Waals surface area contributed by atoms with Gasteiger partial charge < -0.3 is 0 Å². The van der Waals surface area contributed by atoms with Gasteiger partial charge in [-0.1, -0.05) is 151 Å². The third kappa shape index (κ3) is 4.14. The first-order valence-corrected chi connectivity index (χ1v) is 15.7. The molecule has 0 nitrogen and oxygen atoms in total. The minimum atomic E-state index is 1.24. The fourth-order valence-corrected chi connectivity index (χ4v) is 7.37. The van der Waals surface area contributed by atoms with Crippen LogP contribution in [-0.4, -0.2) is 0 Å². The average Bonchev–Trinajstić information content (AvgIpc) is 3.10. The van der Waals surface area contributed by atoms with Crippen molar-refractivity contribution in [2.45, 2.75) is 6.92 Å². The molecule has 45 heavy (non-hydrogen) atoms. The number of aryl methyl sites for hydroxylation is 1. The van der Waals surface area contributed by atoms with E-state index in [9.17, 15) is 0 Å². The smallest absolute Gasteiger partial charge is 0.00923 e. The van der Waals surface area contributed by atoms with Gasteiger partial charge in [-0.2, -0.15) is 0 Å². The van der Waals surface area contributed by atoms with Gasteiger partial charge in [0.15, 0.2) is 0 Å². The van der Waals surface area contributed by atoms with Gasteiger partial charge in [0.2, 0.25) is 0 Å². The highest BCUT2D eigenvalue weighted by Gasteiger charge is 2.17. The molecule has 9 aromatic carbocycles. The largest absolute Gasteiger partial charge is 0.0616 e. The molecule has 0 aliphatic heterocycles. The van der Waals surface area contributed by atoms with Crippen LogP contribution >= 0.6 is 0 Å². The summed E-state index contributed by atoms with van der Waals surface area (Å²) in [5.41, 5.74) is 8.84. The highest BCUT2D eigenvalue weighted by molar-refractivity contribution is 6.25. The van der Waals surface area contributed by atoms with Crippen molar-refractivity contribution in [3.63, 3.8) is 0 Å². The van der Waals surface area contributed by atoms with Gasteiger partial charge in [-0.3, -0.25) is 0 Å². The second kappa shape index (κ2) is 10.2. The maximum atomic E-state index is 2.45. The van der Waals surface area contributed by atoms with Crippen LogP contribution in [0.25, 0.3) is 87.2 Å². The number of hydrogen-bond donors (Lipinski definition) is 0. The lowest BCUT2D eigenvalue weighted by Gasteiger charge is -2.18. The third-order valence-electron chi connectivity index (χ3n) is 9.49. The molecule has 0 aromatic heterocycles. The summed E-state index contributed by atoms with van der Waals surface area (Å²) in [4.78, 5) is 0. The van der Waals surface area contributed by atoms with E-state index in [1.807, 2.05) is 0 Å². The van der Waals surface area contributed by atoms with Crippen LogP contribution in [-0.2, 0) is 0 Å². The van der Waals surface area contributed by atoms with E-state index >= 15 is 0 Å². The molecular formula is C45H30. The summed E-state index contributed by atoms with van der Waals surface area (Å²) < 4.78 is 0.